The fourth-order valence-electron chi connectivity index (χ4n) is 2.21. The molecule has 0 aromatic rings. The van der Waals surface area contributed by atoms with Crippen LogP contribution in [0, 0.1) is 5.92 Å². The van der Waals surface area contributed by atoms with E-state index in [2.05, 4.69) is 5.32 Å². The van der Waals surface area contributed by atoms with Gasteiger partial charge in [0.2, 0.25) is 5.91 Å². The van der Waals surface area contributed by atoms with Crippen molar-refractivity contribution in [2.75, 3.05) is 27.2 Å². The molecule has 0 aromatic heterocycles. The summed E-state index contributed by atoms with van der Waals surface area (Å²) in [6.45, 7) is 0.957. The molecule has 4 heteroatoms. The summed E-state index contributed by atoms with van der Waals surface area (Å²) in [4.78, 5) is 13.7. The summed E-state index contributed by atoms with van der Waals surface area (Å²) in [5.74, 6) is 0.304. The largest absolute Gasteiger partial charge is 0.390 e. The van der Waals surface area contributed by atoms with E-state index in [-0.39, 0.29) is 11.8 Å². The zero-order valence-electron chi connectivity index (χ0n) is 10.4. The van der Waals surface area contributed by atoms with E-state index in [0.29, 0.717) is 13.1 Å². The fraction of sp³-hybridized carbons (Fsp3) is 0.917. The van der Waals surface area contributed by atoms with Crippen molar-refractivity contribution in [1.29, 1.82) is 0 Å². The van der Waals surface area contributed by atoms with E-state index in [1.54, 1.807) is 0 Å². The first-order chi connectivity index (χ1) is 7.59. The topological polar surface area (TPSA) is 52.6 Å². The van der Waals surface area contributed by atoms with Crippen molar-refractivity contribution in [3.05, 3.63) is 0 Å². The van der Waals surface area contributed by atoms with Gasteiger partial charge < -0.3 is 15.3 Å². The lowest BCUT2D eigenvalue weighted by molar-refractivity contribution is -0.126. The molecule has 1 rings (SSSR count). The Morgan fingerprint density at radius 2 is 2.00 bits per heavy atom. The van der Waals surface area contributed by atoms with Gasteiger partial charge in [-0.3, -0.25) is 4.79 Å². The van der Waals surface area contributed by atoms with Crippen LogP contribution in [0.5, 0.6) is 0 Å². The van der Waals surface area contributed by atoms with Gasteiger partial charge in [0.15, 0.2) is 0 Å². The van der Waals surface area contributed by atoms with Crippen LogP contribution in [0.4, 0.5) is 0 Å². The molecule has 1 fully saturated rings. The average molecular weight is 228 g/mol. The predicted octanol–water partition coefficient (Wildman–Crippen LogP) is 0.605. The predicted molar refractivity (Wildman–Crippen MR) is 64.1 cm³/mol. The van der Waals surface area contributed by atoms with Gasteiger partial charge in [-0.05, 0) is 26.9 Å². The Balaban J connectivity index is 2.18. The lowest BCUT2D eigenvalue weighted by Gasteiger charge is -2.22. The van der Waals surface area contributed by atoms with E-state index in [1.807, 2.05) is 19.0 Å². The summed E-state index contributed by atoms with van der Waals surface area (Å²) in [5.41, 5.74) is 0. The monoisotopic (exact) mass is 228 g/mol. The number of nitrogens with one attached hydrogen (secondary N) is 1. The molecule has 1 aliphatic rings. The Bertz CT molecular complexity index is 213. The van der Waals surface area contributed by atoms with Crippen LogP contribution < -0.4 is 5.32 Å². The Morgan fingerprint density at radius 3 is 2.56 bits per heavy atom. The molecule has 1 saturated carbocycles. The van der Waals surface area contributed by atoms with Crippen LogP contribution in [0.15, 0.2) is 0 Å². The SMILES string of the molecule is CN(C)CC(O)CNC(=O)C1CCCCC1. The number of carbonyl (C=O) groups is 1. The third kappa shape index (κ3) is 4.94. The lowest BCUT2D eigenvalue weighted by atomic mass is 9.88. The molecular weight excluding hydrogens is 204 g/mol. The van der Waals surface area contributed by atoms with E-state index < -0.39 is 6.10 Å². The Hall–Kier alpha value is -0.610. The van der Waals surface area contributed by atoms with E-state index in [9.17, 15) is 9.90 Å². The average Bonchev–Trinajstić information content (AvgIpc) is 2.26. The summed E-state index contributed by atoms with van der Waals surface area (Å²) >= 11 is 0. The molecule has 94 valence electrons. The van der Waals surface area contributed by atoms with Gasteiger partial charge in [0, 0.05) is 19.0 Å². The van der Waals surface area contributed by atoms with Crippen molar-refractivity contribution in [3.8, 4) is 0 Å². The summed E-state index contributed by atoms with van der Waals surface area (Å²) in [6, 6.07) is 0. The minimum atomic E-state index is -0.470. The van der Waals surface area contributed by atoms with Crippen molar-refractivity contribution >= 4 is 5.91 Å². The molecule has 2 N–H and O–H groups in total. The van der Waals surface area contributed by atoms with E-state index in [1.165, 1.54) is 19.3 Å². The summed E-state index contributed by atoms with van der Waals surface area (Å²) < 4.78 is 0. The number of hydrogen-bond acceptors (Lipinski definition) is 3. The number of rotatable bonds is 5. The number of likely N-dealkylation sites (N-methyl/N-ethyl adjacent to an activating group) is 1. The molecule has 1 amide bonds. The van der Waals surface area contributed by atoms with Crippen molar-refractivity contribution in [2.45, 2.75) is 38.2 Å². The second-order valence-corrected chi connectivity index (χ2v) is 5.00. The maximum atomic E-state index is 11.8. The fourth-order valence-corrected chi connectivity index (χ4v) is 2.21. The van der Waals surface area contributed by atoms with E-state index in [0.717, 1.165) is 12.8 Å². The van der Waals surface area contributed by atoms with Crippen LogP contribution in [0.1, 0.15) is 32.1 Å². The van der Waals surface area contributed by atoms with Crippen molar-refractivity contribution < 1.29 is 9.90 Å². The molecule has 1 unspecified atom stereocenters. The smallest absolute Gasteiger partial charge is 0.223 e. The van der Waals surface area contributed by atoms with E-state index in [4.69, 9.17) is 0 Å². The van der Waals surface area contributed by atoms with Crippen LogP contribution >= 0.6 is 0 Å². The number of aliphatic hydroxyl groups is 1. The standard InChI is InChI=1S/C12H24N2O2/c1-14(2)9-11(15)8-13-12(16)10-6-4-3-5-7-10/h10-11,15H,3-9H2,1-2H3,(H,13,16). The second kappa shape index (κ2) is 6.86. The van der Waals surface area contributed by atoms with Crippen LogP contribution in [-0.4, -0.2) is 49.2 Å². The molecule has 1 aliphatic carbocycles. The van der Waals surface area contributed by atoms with Gasteiger partial charge in [-0.2, -0.15) is 0 Å². The highest BCUT2D eigenvalue weighted by molar-refractivity contribution is 5.78. The van der Waals surface area contributed by atoms with Gasteiger partial charge in [-0.1, -0.05) is 19.3 Å². The molecule has 0 aliphatic heterocycles. The Morgan fingerprint density at radius 1 is 1.38 bits per heavy atom. The van der Waals surface area contributed by atoms with Crippen molar-refractivity contribution in [1.82, 2.24) is 10.2 Å². The third-order valence-electron chi connectivity index (χ3n) is 3.06. The molecule has 0 spiro atoms. The first-order valence-electron chi connectivity index (χ1n) is 6.20. The van der Waals surface area contributed by atoms with Gasteiger partial charge in [0.25, 0.3) is 0 Å². The zero-order valence-corrected chi connectivity index (χ0v) is 10.4. The number of amides is 1. The van der Waals surface area contributed by atoms with Crippen molar-refractivity contribution in [2.24, 2.45) is 5.92 Å². The van der Waals surface area contributed by atoms with Gasteiger partial charge in [0.05, 0.1) is 6.10 Å². The molecule has 0 heterocycles. The number of aliphatic hydroxyl groups excluding tert-OH is 1. The number of hydrogen-bond donors (Lipinski definition) is 2. The van der Waals surface area contributed by atoms with Gasteiger partial charge in [-0.15, -0.1) is 0 Å². The van der Waals surface area contributed by atoms with Gasteiger partial charge >= 0.3 is 0 Å². The highest BCUT2D eigenvalue weighted by atomic mass is 16.3. The molecule has 1 atom stereocenters. The van der Waals surface area contributed by atoms with E-state index >= 15 is 0 Å². The Labute approximate surface area is 98.0 Å². The summed E-state index contributed by atoms with van der Waals surface area (Å²) in [7, 11) is 3.82. The first kappa shape index (κ1) is 13.5. The molecule has 0 radical (unpaired) electrons. The molecule has 0 saturated heterocycles. The first-order valence-corrected chi connectivity index (χ1v) is 6.20. The number of carbonyl (C=O) groups excluding carboxylic acids is 1. The highest BCUT2D eigenvalue weighted by Crippen LogP contribution is 2.23. The van der Waals surface area contributed by atoms with Crippen LogP contribution in [-0.2, 0) is 4.79 Å². The zero-order chi connectivity index (χ0) is 12.0. The third-order valence-corrected chi connectivity index (χ3v) is 3.06. The maximum absolute atomic E-state index is 11.8. The molecule has 4 nitrogen and oxygen atoms in total. The number of nitrogens with zero attached hydrogens (tertiary/aromatic N) is 1. The lowest BCUT2D eigenvalue weighted by Crippen LogP contribution is -2.40. The molecule has 0 bridgehead atoms. The van der Waals surface area contributed by atoms with Crippen LogP contribution in [0.3, 0.4) is 0 Å². The minimum Gasteiger partial charge on any atom is -0.390 e. The second-order valence-electron chi connectivity index (χ2n) is 5.00. The maximum Gasteiger partial charge on any atom is 0.223 e. The molecular formula is C12H24N2O2. The Kier molecular flexibility index (Phi) is 5.77. The molecule has 16 heavy (non-hydrogen) atoms. The molecule has 0 aromatic carbocycles. The normalized spacial score (nSPS) is 19.8. The summed E-state index contributed by atoms with van der Waals surface area (Å²) in [6.07, 6.45) is 5.14. The summed E-state index contributed by atoms with van der Waals surface area (Å²) in [5, 5.41) is 12.5. The highest BCUT2D eigenvalue weighted by Gasteiger charge is 2.21. The van der Waals surface area contributed by atoms with Crippen LogP contribution in [0.2, 0.25) is 0 Å². The van der Waals surface area contributed by atoms with Gasteiger partial charge in [0.1, 0.15) is 0 Å². The quantitative estimate of drug-likeness (QED) is 0.725. The van der Waals surface area contributed by atoms with Crippen LogP contribution in [0.25, 0.3) is 0 Å². The van der Waals surface area contributed by atoms with Gasteiger partial charge in [-0.25, -0.2) is 0 Å². The minimum absolute atomic E-state index is 0.123. The van der Waals surface area contributed by atoms with Crippen molar-refractivity contribution in [3.63, 3.8) is 0 Å².